The predicted molar refractivity (Wildman–Crippen MR) is 48.6 cm³/mol. The molecule has 0 aromatic rings. The molecule has 0 aromatic heterocycles. The third-order valence-electron chi connectivity index (χ3n) is 2.93. The van der Waals surface area contributed by atoms with Gasteiger partial charge in [0.15, 0.2) is 0 Å². The predicted octanol–water partition coefficient (Wildman–Crippen LogP) is 0.328. The third-order valence-corrected chi connectivity index (χ3v) is 2.93. The molecule has 0 radical (unpaired) electrons. The summed E-state index contributed by atoms with van der Waals surface area (Å²) in [5.41, 5.74) is 1.05. The summed E-state index contributed by atoms with van der Waals surface area (Å²) in [5.74, 6) is 0.266. The zero-order valence-corrected chi connectivity index (χ0v) is 7.69. The number of hydrogen-bond acceptors (Lipinski definition) is 4. The molecule has 3 atom stereocenters. The Bertz CT molecular complexity index is 240. The summed E-state index contributed by atoms with van der Waals surface area (Å²) in [6.45, 7) is 0. The van der Waals surface area contributed by atoms with Crippen molar-refractivity contribution < 1.29 is 9.63 Å². The maximum Gasteiger partial charge on any atom is 0.137 e. The monoisotopic (exact) mass is 182 g/mol. The Morgan fingerprint density at radius 2 is 2.46 bits per heavy atom. The van der Waals surface area contributed by atoms with Crippen LogP contribution < -0.4 is 5.32 Å². The number of aldehydes is 1. The number of rotatable bonds is 2. The minimum absolute atomic E-state index is 0.0404. The van der Waals surface area contributed by atoms with Crippen molar-refractivity contribution in [3.8, 4) is 0 Å². The normalized spacial score (nSPS) is 40.7. The summed E-state index contributed by atoms with van der Waals surface area (Å²) < 4.78 is 0. The number of carbonyl (C=O) groups is 1. The average Bonchev–Trinajstić information content (AvgIpc) is 2.19. The van der Waals surface area contributed by atoms with Crippen LogP contribution in [-0.4, -0.2) is 31.2 Å². The van der Waals surface area contributed by atoms with E-state index in [1.807, 2.05) is 0 Å². The van der Waals surface area contributed by atoms with Crippen molar-refractivity contribution >= 4 is 12.0 Å². The second-order valence-corrected chi connectivity index (χ2v) is 3.68. The maximum absolute atomic E-state index is 10.7. The molecule has 0 aromatic carbocycles. The van der Waals surface area contributed by atoms with Gasteiger partial charge >= 0.3 is 0 Å². The molecule has 2 saturated heterocycles. The Balaban J connectivity index is 2.17. The van der Waals surface area contributed by atoms with Crippen molar-refractivity contribution in [3.05, 3.63) is 0 Å². The second kappa shape index (κ2) is 3.46. The smallest absolute Gasteiger partial charge is 0.137 e. The van der Waals surface area contributed by atoms with E-state index in [0.29, 0.717) is 6.04 Å². The van der Waals surface area contributed by atoms with Crippen molar-refractivity contribution in [2.45, 2.75) is 31.3 Å². The molecule has 3 fully saturated rings. The first-order valence-corrected chi connectivity index (χ1v) is 4.66. The lowest BCUT2D eigenvalue weighted by atomic mass is 9.75. The Kier molecular flexibility index (Phi) is 2.31. The third kappa shape index (κ3) is 1.46. The van der Waals surface area contributed by atoms with Crippen molar-refractivity contribution in [2.24, 2.45) is 11.1 Å². The van der Waals surface area contributed by atoms with Crippen molar-refractivity contribution in [1.82, 2.24) is 5.32 Å². The SMILES string of the molecule is CON=C1C[C@@H]2CC[C@H]1[C@@H](C=O)N2. The Morgan fingerprint density at radius 3 is 3.08 bits per heavy atom. The fraction of sp³-hybridized carbons (Fsp3) is 0.778. The number of fused-ring (bicyclic) bond motifs is 3. The van der Waals surface area contributed by atoms with Gasteiger partial charge in [-0.2, -0.15) is 0 Å². The highest BCUT2D eigenvalue weighted by atomic mass is 16.6. The van der Waals surface area contributed by atoms with E-state index in [0.717, 1.165) is 31.3 Å². The average molecular weight is 182 g/mol. The molecule has 2 aliphatic heterocycles. The second-order valence-electron chi connectivity index (χ2n) is 3.68. The molecule has 1 saturated carbocycles. The van der Waals surface area contributed by atoms with Gasteiger partial charge in [-0.15, -0.1) is 0 Å². The largest absolute Gasteiger partial charge is 0.399 e. The van der Waals surface area contributed by atoms with Crippen molar-refractivity contribution in [2.75, 3.05) is 7.11 Å². The van der Waals surface area contributed by atoms with Crippen LogP contribution in [0.3, 0.4) is 0 Å². The van der Waals surface area contributed by atoms with Gasteiger partial charge < -0.3 is 14.9 Å². The highest BCUT2D eigenvalue weighted by Gasteiger charge is 2.39. The number of hydrogen-bond donors (Lipinski definition) is 1. The number of oxime groups is 1. The molecule has 3 aliphatic rings. The molecule has 0 spiro atoms. The lowest BCUT2D eigenvalue weighted by Gasteiger charge is -2.41. The molecule has 4 heteroatoms. The van der Waals surface area contributed by atoms with E-state index < -0.39 is 0 Å². The van der Waals surface area contributed by atoms with E-state index in [2.05, 4.69) is 10.5 Å². The summed E-state index contributed by atoms with van der Waals surface area (Å²) >= 11 is 0. The van der Waals surface area contributed by atoms with Gasteiger partial charge in [0.05, 0.1) is 11.8 Å². The van der Waals surface area contributed by atoms with Gasteiger partial charge in [-0.1, -0.05) is 5.16 Å². The molecular formula is C9H14N2O2. The number of piperidine rings is 2. The van der Waals surface area contributed by atoms with Crippen LogP contribution in [-0.2, 0) is 9.63 Å². The van der Waals surface area contributed by atoms with Crippen LogP contribution in [0.25, 0.3) is 0 Å². The molecule has 2 bridgehead atoms. The highest BCUT2D eigenvalue weighted by molar-refractivity contribution is 5.92. The fourth-order valence-electron chi connectivity index (χ4n) is 2.33. The van der Waals surface area contributed by atoms with E-state index in [-0.39, 0.29) is 12.0 Å². The summed E-state index contributed by atoms with van der Waals surface area (Å²) in [7, 11) is 1.55. The van der Waals surface area contributed by atoms with Gasteiger partial charge in [0.1, 0.15) is 13.4 Å². The first kappa shape index (κ1) is 8.69. The molecule has 0 amide bonds. The van der Waals surface area contributed by atoms with Gasteiger partial charge in [0, 0.05) is 18.4 Å². The lowest BCUT2D eigenvalue weighted by molar-refractivity contribution is -0.111. The van der Waals surface area contributed by atoms with Crippen LogP contribution in [0.5, 0.6) is 0 Å². The summed E-state index contributed by atoms with van der Waals surface area (Å²) in [6.07, 6.45) is 4.13. The van der Waals surface area contributed by atoms with Crippen LogP contribution >= 0.6 is 0 Å². The van der Waals surface area contributed by atoms with Gasteiger partial charge in [-0.05, 0) is 12.8 Å². The van der Waals surface area contributed by atoms with Crippen LogP contribution in [0.1, 0.15) is 19.3 Å². The molecule has 72 valence electrons. The lowest BCUT2D eigenvalue weighted by Crippen LogP contribution is -2.57. The molecule has 0 unspecified atom stereocenters. The Hall–Kier alpha value is -0.900. The van der Waals surface area contributed by atoms with E-state index in [1.54, 1.807) is 7.11 Å². The summed E-state index contributed by atoms with van der Waals surface area (Å²) in [5, 5.41) is 7.27. The number of nitrogens with zero attached hydrogens (tertiary/aromatic N) is 1. The maximum atomic E-state index is 10.7. The van der Waals surface area contributed by atoms with Crippen LogP contribution in [0.4, 0.5) is 0 Å². The first-order chi connectivity index (χ1) is 6.35. The zero-order valence-electron chi connectivity index (χ0n) is 7.69. The standard InChI is InChI=1S/C9H14N2O2/c1-13-11-8-4-6-2-3-7(8)9(5-12)10-6/h5-7,9-10H,2-4H2,1H3/t6-,7+,9+/m0/s1. The van der Waals surface area contributed by atoms with E-state index in [1.165, 1.54) is 0 Å². The van der Waals surface area contributed by atoms with E-state index >= 15 is 0 Å². The number of carbonyl (C=O) groups excluding carboxylic acids is 1. The summed E-state index contributed by atoms with van der Waals surface area (Å²) in [4.78, 5) is 15.5. The number of nitrogens with one attached hydrogen (secondary N) is 1. The topological polar surface area (TPSA) is 50.7 Å². The quantitative estimate of drug-likeness (QED) is 0.494. The van der Waals surface area contributed by atoms with Crippen LogP contribution in [0.15, 0.2) is 5.16 Å². The minimum Gasteiger partial charge on any atom is -0.399 e. The van der Waals surface area contributed by atoms with E-state index in [4.69, 9.17) is 4.84 Å². The zero-order chi connectivity index (χ0) is 9.26. The molecule has 13 heavy (non-hydrogen) atoms. The molecule has 2 heterocycles. The minimum atomic E-state index is -0.0404. The van der Waals surface area contributed by atoms with Crippen molar-refractivity contribution in [3.63, 3.8) is 0 Å². The van der Waals surface area contributed by atoms with Crippen LogP contribution in [0.2, 0.25) is 0 Å². The van der Waals surface area contributed by atoms with Crippen LogP contribution in [0, 0.1) is 5.92 Å². The van der Waals surface area contributed by atoms with Gasteiger partial charge in [-0.25, -0.2) is 0 Å². The highest BCUT2D eigenvalue weighted by Crippen LogP contribution is 2.30. The molecule has 1 N–H and O–H groups in total. The fourth-order valence-corrected chi connectivity index (χ4v) is 2.33. The Labute approximate surface area is 77.3 Å². The molecule has 1 aliphatic carbocycles. The molecule has 4 nitrogen and oxygen atoms in total. The van der Waals surface area contributed by atoms with Gasteiger partial charge in [0.2, 0.25) is 0 Å². The Morgan fingerprint density at radius 1 is 1.62 bits per heavy atom. The van der Waals surface area contributed by atoms with E-state index in [9.17, 15) is 4.79 Å². The van der Waals surface area contributed by atoms with Gasteiger partial charge in [0.25, 0.3) is 0 Å². The first-order valence-electron chi connectivity index (χ1n) is 4.66. The van der Waals surface area contributed by atoms with Gasteiger partial charge in [-0.3, -0.25) is 0 Å². The van der Waals surface area contributed by atoms with Crippen molar-refractivity contribution in [1.29, 1.82) is 0 Å². The molecule has 3 rings (SSSR count). The molecular weight excluding hydrogens is 168 g/mol. The summed E-state index contributed by atoms with van der Waals surface area (Å²) in [6, 6.07) is 0.385.